The highest BCUT2D eigenvalue weighted by molar-refractivity contribution is 5.79. The van der Waals surface area contributed by atoms with E-state index < -0.39 is 0 Å². The van der Waals surface area contributed by atoms with Gasteiger partial charge in [-0.3, -0.25) is 9.89 Å². The van der Waals surface area contributed by atoms with E-state index in [1.54, 1.807) is 7.05 Å². The van der Waals surface area contributed by atoms with Gasteiger partial charge in [0.25, 0.3) is 0 Å². The molecule has 2 aromatic rings. The van der Waals surface area contributed by atoms with E-state index in [4.69, 9.17) is 4.74 Å². The molecule has 0 spiro atoms. The number of aliphatic hydroxyl groups excluding tert-OH is 1. The number of guanidine groups is 1. The summed E-state index contributed by atoms with van der Waals surface area (Å²) >= 11 is 0. The van der Waals surface area contributed by atoms with Crippen molar-refractivity contribution in [2.24, 2.45) is 4.99 Å². The van der Waals surface area contributed by atoms with Crippen LogP contribution in [0, 0.1) is 6.92 Å². The van der Waals surface area contributed by atoms with Crippen LogP contribution in [0.3, 0.4) is 0 Å². The number of hydrogen-bond acceptors (Lipinski definition) is 4. The molecular weight excluding hydrogens is 388 g/mol. The number of hydrogen-bond donors (Lipinski definition) is 2. The first-order valence-electron chi connectivity index (χ1n) is 11.1. The Balaban J connectivity index is 1.40. The fourth-order valence-corrected chi connectivity index (χ4v) is 3.70. The molecule has 168 valence electrons. The molecule has 6 heteroatoms. The van der Waals surface area contributed by atoms with Gasteiger partial charge in [-0.15, -0.1) is 0 Å². The molecule has 2 N–H and O–H groups in total. The van der Waals surface area contributed by atoms with Crippen molar-refractivity contribution in [2.45, 2.75) is 39.0 Å². The van der Waals surface area contributed by atoms with Crippen LogP contribution in [0.1, 0.15) is 29.5 Å². The highest BCUT2D eigenvalue weighted by Crippen LogP contribution is 2.14. The Morgan fingerprint density at radius 1 is 1.10 bits per heavy atom. The summed E-state index contributed by atoms with van der Waals surface area (Å²) in [7, 11) is 3.82. The molecule has 2 aromatic carbocycles. The molecule has 0 bridgehead atoms. The quantitative estimate of drug-likeness (QED) is 0.504. The van der Waals surface area contributed by atoms with Gasteiger partial charge >= 0.3 is 0 Å². The molecule has 3 rings (SSSR count). The number of likely N-dealkylation sites (N-methyl/N-ethyl adjacent to an activating group) is 1. The largest absolute Gasteiger partial charge is 0.492 e. The van der Waals surface area contributed by atoms with Crippen molar-refractivity contribution in [3.8, 4) is 5.75 Å². The van der Waals surface area contributed by atoms with Crippen LogP contribution in [0.5, 0.6) is 5.75 Å². The Morgan fingerprint density at radius 3 is 2.39 bits per heavy atom. The van der Waals surface area contributed by atoms with Crippen LogP contribution < -0.4 is 10.1 Å². The zero-order valence-electron chi connectivity index (χ0n) is 19.1. The first-order valence-corrected chi connectivity index (χ1v) is 11.1. The van der Waals surface area contributed by atoms with Gasteiger partial charge in [0.05, 0.1) is 12.6 Å². The maximum atomic E-state index is 9.65. The summed E-state index contributed by atoms with van der Waals surface area (Å²) in [4.78, 5) is 8.88. The van der Waals surface area contributed by atoms with Gasteiger partial charge in [-0.05, 0) is 43.0 Å². The Labute approximate surface area is 186 Å². The number of nitrogens with one attached hydrogen (secondary N) is 1. The number of likely N-dealkylation sites (tertiary alicyclic amines) is 1. The summed E-state index contributed by atoms with van der Waals surface area (Å²) in [6, 6.07) is 16.9. The van der Waals surface area contributed by atoms with Crippen LogP contribution in [0.15, 0.2) is 53.5 Å². The summed E-state index contributed by atoms with van der Waals surface area (Å²) in [5, 5.41) is 13.1. The number of aliphatic hydroxyl groups is 1. The van der Waals surface area contributed by atoms with Gasteiger partial charge in [0.15, 0.2) is 5.96 Å². The number of piperidine rings is 1. The van der Waals surface area contributed by atoms with Gasteiger partial charge in [-0.25, -0.2) is 0 Å². The van der Waals surface area contributed by atoms with Gasteiger partial charge in [-0.1, -0.05) is 42.0 Å². The zero-order valence-corrected chi connectivity index (χ0v) is 19.1. The topological polar surface area (TPSA) is 60.3 Å². The van der Waals surface area contributed by atoms with Crippen molar-refractivity contribution in [3.63, 3.8) is 0 Å². The summed E-state index contributed by atoms with van der Waals surface area (Å²) in [5.41, 5.74) is 3.77. The average molecular weight is 425 g/mol. The highest BCUT2D eigenvalue weighted by Gasteiger charge is 2.16. The monoisotopic (exact) mass is 424 g/mol. The molecule has 6 nitrogen and oxygen atoms in total. The number of aryl methyl sites for hydroxylation is 1. The molecule has 31 heavy (non-hydrogen) atoms. The lowest BCUT2D eigenvalue weighted by atomic mass is 10.1. The van der Waals surface area contributed by atoms with E-state index in [0.29, 0.717) is 6.61 Å². The predicted molar refractivity (Wildman–Crippen MR) is 126 cm³/mol. The molecule has 0 atom stereocenters. The standard InChI is InChI=1S/C25H36N4O2/c1-20-4-10-24(11-5-20)31-17-16-28(3)25(26-2)27-18-21-6-8-22(9-7-21)19-29-14-12-23(30)13-15-29/h4-11,23,30H,12-19H2,1-3H3,(H,26,27). The van der Waals surface area contributed by atoms with Crippen LogP contribution in [0.25, 0.3) is 0 Å². The molecule has 0 amide bonds. The second kappa shape index (κ2) is 11.7. The highest BCUT2D eigenvalue weighted by atomic mass is 16.5. The van der Waals surface area contributed by atoms with E-state index in [9.17, 15) is 5.11 Å². The summed E-state index contributed by atoms with van der Waals surface area (Å²) in [6.07, 6.45) is 1.64. The smallest absolute Gasteiger partial charge is 0.193 e. The van der Waals surface area contributed by atoms with Crippen molar-refractivity contribution >= 4 is 5.96 Å². The Hall–Kier alpha value is -2.57. The normalized spacial score (nSPS) is 15.7. The number of aliphatic imine (C=N–C) groups is 1. The maximum Gasteiger partial charge on any atom is 0.193 e. The van der Waals surface area contributed by atoms with Crippen molar-refractivity contribution in [3.05, 3.63) is 65.2 Å². The minimum atomic E-state index is -0.119. The third kappa shape index (κ3) is 7.56. The zero-order chi connectivity index (χ0) is 22.1. The van der Waals surface area contributed by atoms with E-state index in [1.165, 1.54) is 16.7 Å². The molecule has 1 aliphatic heterocycles. The fraction of sp³-hybridized carbons (Fsp3) is 0.480. The first-order chi connectivity index (χ1) is 15.0. The minimum Gasteiger partial charge on any atom is -0.492 e. The summed E-state index contributed by atoms with van der Waals surface area (Å²) < 4.78 is 5.83. The molecular formula is C25H36N4O2. The summed E-state index contributed by atoms with van der Waals surface area (Å²) in [6.45, 7) is 7.04. The van der Waals surface area contributed by atoms with Crippen LogP contribution in [-0.2, 0) is 13.1 Å². The van der Waals surface area contributed by atoms with Crippen LogP contribution in [0.2, 0.25) is 0 Å². The lowest BCUT2D eigenvalue weighted by molar-refractivity contribution is 0.0792. The van der Waals surface area contributed by atoms with E-state index in [1.807, 2.05) is 19.2 Å². The molecule has 0 aromatic heterocycles. The SMILES string of the molecule is CN=C(NCc1ccc(CN2CCC(O)CC2)cc1)N(C)CCOc1ccc(C)cc1. The average Bonchev–Trinajstić information content (AvgIpc) is 2.78. The van der Waals surface area contributed by atoms with Crippen molar-refractivity contribution in [1.82, 2.24) is 15.1 Å². The van der Waals surface area contributed by atoms with Gasteiger partial charge < -0.3 is 20.1 Å². The Kier molecular flexibility index (Phi) is 8.74. The molecule has 0 radical (unpaired) electrons. The van der Waals surface area contributed by atoms with E-state index >= 15 is 0 Å². The molecule has 0 saturated carbocycles. The third-order valence-electron chi connectivity index (χ3n) is 5.73. The van der Waals surface area contributed by atoms with E-state index in [2.05, 4.69) is 63.4 Å². The van der Waals surface area contributed by atoms with Gasteiger partial charge in [0, 0.05) is 40.3 Å². The van der Waals surface area contributed by atoms with E-state index in [-0.39, 0.29) is 6.10 Å². The van der Waals surface area contributed by atoms with Crippen LogP contribution >= 0.6 is 0 Å². The molecule has 0 aliphatic carbocycles. The van der Waals surface area contributed by atoms with E-state index in [0.717, 1.165) is 57.3 Å². The fourth-order valence-electron chi connectivity index (χ4n) is 3.70. The van der Waals surface area contributed by atoms with Crippen molar-refractivity contribution in [2.75, 3.05) is 40.3 Å². The lowest BCUT2D eigenvalue weighted by Crippen LogP contribution is -2.40. The molecule has 1 saturated heterocycles. The second-order valence-corrected chi connectivity index (χ2v) is 8.31. The minimum absolute atomic E-state index is 0.119. The summed E-state index contributed by atoms with van der Waals surface area (Å²) in [5.74, 6) is 1.74. The van der Waals surface area contributed by atoms with Crippen molar-refractivity contribution in [1.29, 1.82) is 0 Å². The predicted octanol–water partition coefficient (Wildman–Crippen LogP) is 3.04. The van der Waals surface area contributed by atoms with Crippen LogP contribution in [0.4, 0.5) is 0 Å². The number of nitrogens with zero attached hydrogens (tertiary/aromatic N) is 3. The maximum absolute atomic E-state index is 9.65. The first kappa shape index (κ1) is 23.1. The third-order valence-corrected chi connectivity index (χ3v) is 5.73. The Morgan fingerprint density at radius 2 is 1.74 bits per heavy atom. The molecule has 1 heterocycles. The number of ether oxygens (including phenoxy) is 1. The van der Waals surface area contributed by atoms with Gasteiger partial charge in [0.2, 0.25) is 0 Å². The number of rotatable bonds is 8. The number of benzene rings is 2. The molecule has 1 fully saturated rings. The van der Waals surface area contributed by atoms with Crippen molar-refractivity contribution < 1.29 is 9.84 Å². The second-order valence-electron chi connectivity index (χ2n) is 8.31. The Bertz CT molecular complexity index is 812. The van der Waals surface area contributed by atoms with Crippen LogP contribution in [-0.4, -0.2) is 67.3 Å². The molecule has 1 aliphatic rings. The lowest BCUT2D eigenvalue weighted by Gasteiger charge is -2.29. The van der Waals surface area contributed by atoms with Gasteiger partial charge in [0.1, 0.15) is 12.4 Å². The van der Waals surface area contributed by atoms with Gasteiger partial charge in [-0.2, -0.15) is 0 Å². The molecule has 0 unspecified atom stereocenters.